The third-order valence-electron chi connectivity index (χ3n) is 1.86. The molecule has 3 heteroatoms. The molecule has 0 spiro atoms. The average Bonchev–Trinajstić information content (AvgIpc) is 2.06. The first-order chi connectivity index (χ1) is 6.79. The predicted octanol–water partition coefficient (Wildman–Crippen LogP) is 3.18. The van der Waals surface area contributed by atoms with E-state index < -0.39 is 0 Å². The summed E-state index contributed by atoms with van der Waals surface area (Å²) in [4.78, 5) is 11.8. The molecule has 15 heavy (non-hydrogen) atoms. The maximum Gasteiger partial charge on any atom is 0.253 e. The van der Waals surface area contributed by atoms with E-state index in [4.69, 9.17) is 11.6 Å². The van der Waals surface area contributed by atoms with Crippen LogP contribution >= 0.6 is 11.6 Å². The molecule has 1 aromatic carbocycles. The van der Waals surface area contributed by atoms with Crippen molar-refractivity contribution in [3.05, 3.63) is 34.3 Å². The average molecular weight is 226 g/mol. The standard InChI is InChI=1S/C12H16ClNO/c1-8-5-6-10(13)9(7-8)11(15)14-12(2,3)4/h5-7H,1-4H3,(H,14,15). The number of hydrogen-bond acceptors (Lipinski definition) is 1. The monoisotopic (exact) mass is 225 g/mol. The summed E-state index contributed by atoms with van der Waals surface area (Å²) in [6.07, 6.45) is 0. The second-order valence-electron chi connectivity index (χ2n) is 4.69. The molecule has 1 aromatic rings. The number of carbonyl (C=O) groups is 1. The molecule has 0 fully saturated rings. The fourth-order valence-electron chi connectivity index (χ4n) is 1.22. The summed E-state index contributed by atoms with van der Waals surface area (Å²) in [7, 11) is 0. The van der Waals surface area contributed by atoms with Crippen molar-refractivity contribution in [3.63, 3.8) is 0 Å². The van der Waals surface area contributed by atoms with E-state index in [0.29, 0.717) is 10.6 Å². The van der Waals surface area contributed by atoms with E-state index in [-0.39, 0.29) is 11.4 Å². The topological polar surface area (TPSA) is 29.1 Å². The lowest BCUT2D eigenvalue weighted by molar-refractivity contribution is 0.0919. The van der Waals surface area contributed by atoms with Gasteiger partial charge < -0.3 is 5.32 Å². The SMILES string of the molecule is Cc1ccc(Cl)c(C(=O)NC(C)(C)C)c1. The minimum absolute atomic E-state index is 0.129. The maximum atomic E-state index is 11.8. The Morgan fingerprint density at radius 2 is 1.93 bits per heavy atom. The molecule has 0 atom stereocenters. The molecule has 1 N–H and O–H groups in total. The van der Waals surface area contributed by atoms with E-state index in [9.17, 15) is 4.79 Å². The van der Waals surface area contributed by atoms with E-state index >= 15 is 0 Å². The van der Waals surface area contributed by atoms with E-state index in [2.05, 4.69) is 5.32 Å². The van der Waals surface area contributed by atoms with Crippen molar-refractivity contribution >= 4 is 17.5 Å². The van der Waals surface area contributed by atoms with Gasteiger partial charge in [-0.05, 0) is 39.8 Å². The Kier molecular flexibility index (Phi) is 3.40. The molecule has 0 heterocycles. The number of rotatable bonds is 1. The highest BCUT2D eigenvalue weighted by Gasteiger charge is 2.17. The van der Waals surface area contributed by atoms with E-state index in [1.807, 2.05) is 33.8 Å². The van der Waals surface area contributed by atoms with E-state index in [1.165, 1.54) is 0 Å². The van der Waals surface area contributed by atoms with E-state index in [0.717, 1.165) is 5.56 Å². The summed E-state index contributed by atoms with van der Waals surface area (Å²) in [5.74, 6) is -0.129. The zero-order valence-electron chi connectivity index (χ0n) is 9.52. The summed E-state index contributed by atoms with van der Waals surface area (Å²) in [5, 5.41) is 3.37. The molecular formula is C12H16ClNO. The van der Waals surface area contributed by atoms with Crippen LogP contribution in [0.1, 0.15) is 36.7 Å². The largest absolute Gasteiger partial charge is 0.347 e. The number of aryl methyl sites for hydroxylation is 1. The Hall–Kier alpha value is -1.02. The van der Waals surface area contributed by atoms with Gasteiger partial charge in [0.1, 0.15) is 0 Å². The number of nitrogens with one attached hydrogen (secondary N) is 1. The molecular weight excluding hydrogens is 210 g/mol. The lowest BCUT2D eigenvalue weighted by atomic mass is 10.1. The van der Waals surface area contributed by atoms with Gasteiger partial charge in [-0.25, -0.2) is 0 Å². The van der Waals surface area contributed by atoms with Crippen LogP contribution in [0.5, 0.6) is 0 Å². The van der Waals surface area contributed by atoms with Crippen LogP contribution in [0.4, 0.5) is 0 Å². The van der Waals surface area contributed by atoms with Crippen molar-refractivity contribution in [2.24, 2.45) is 0 Å². The number of amides is 1. The van der Waals surface area contributed by atoms with Crippen LogP contribution in [0.3, 0.4) is 0 Å². The molecule has 0 aliphatic heterocycles. The fraction of sp³-hybridized carbons (Fsp3) is 0.417. The molecule has 0 bridgehead atoms. The van der Waals surface area contributed by atoms with Gasteiger partial charge >= 0.3 is 0 Å². The Morgan fingerprint density at radius 1 is 1.33 bits per heavy atom. The van der Waals surface area contributed by atoms with Gasteiger partial charge in [-0.1, -0.05) is 23.2 Å². The van der Waals surface area contributed by atoms with Gasteiger partial charge in [0.05, 0.1) is 10.6 Å². The molecule has 82 valence electrons. The second kappa shape index (κ2) is 4.23. The van der Waals surface area contributed by atoms with Gasteiger partial charge in [0, 0.05) is 5.54 Å². The molecule has 0 saturated carbocycles. The molecule has 1 amide bonds. The highest BCUT2D eigenvalue weighted by molar-refractivity contribution is 6.33. The molecule has 0 aliphatic carbocycles. The lowest BCUT2D eigenvalue weighted by Crippen LogP contribution is -2.40. The summed E-state index contributed by atoms with van der Waals surface area (Å²) >= 11 is 5.96. The summed E-state index contributed by atoms with van der Waals surface area (Å²) in [5.41, 5.74) is 1.31. The minimum atomic E-state index is -0.246. The van der Waals surface area contributed by atoms with Gasteiger partial charge in [0.25, 0.3) is 5.91 Å². The Morgan fingerprint density at radius 3 is 2.47 bits per heavy atom. The smallest absolute Gasteiger partial charge is 0.253 e. The molecule has 0 saturated heterocycles. The second-order valence-corrected chi connectivity index (χ2v) is 5.09. The molecule has 0 aromatic heterocycles. The maximum absolute atomic E-state index is 11.8. The molecule has 2 nitrogen and oxygen atoms in total. The van der Waals surface area contributed by atoms with Crippen molar-refractivity contribution in [1.29, 1.82) is 0 Å². The lowest BCUT2D eigenvalue weighted by Gasteiger charge is -2.21. The van der Waals surface area contributed by atoms with Crippen LogP contribution in [-0.2, 0) is 0 Å². The molecule has 0 aliphatic rings. The van der Waals surface area contributed by atoms with Crippen LogP contribution in [0.2, 0.25) is 5.02 Å². The highest BCUT2D eigenvalue weighted by atomic mass is 35.5. The van der Waals surface area contributed by atoms with E-state index in [1.54, 1.807) is 12.1 Å². The third kappa shape index (κ3) is 3.56. The van der Waals surface area contributed by atoms with Crippen molar-refractivity contribution < 1.29 is 4.79 Å². The van der Waals surface area contributed by atoms with Crippen LogP contribution < -0.4 is 5.32 Å². The third-order valence-corrected chi connectivity index (χ3v) is 2.18. The Bertz CT molecular complexity index is 380. The molecule has 1 rings (SSSR count). The van der Waals surface area contributed by atoms with Crippen LogP contribution in [0.25, 0.3) is 0 Å². The van der Waals surface area contributed by atoms with Gasteiger partial charge in [-0.2, -0.15) is 0 Å². The van der Waals surface area contributed by atoms with Gasteiger partial charge in [0.2, 0.25) is 0 Å². The number of hydrogen-bond donors (Lipinski definition) is 1. The van der Waals surface area contributed by atoms with Crippen molar-refractivity contribution in [2.75, 3.05) is 0 Å². The van der Waals surface area contributed by atoms with Crippen LogP contribution in [0.15, 0.2) is 18.2 Å². The Balaban J connectivity index is 2.96. The summed E-state index contributed by atoms with van der Waals surface area (Å²) in [6.45, 7) is 7.75. The normalized spacial score (nSPS) is 11.3. The highest BCUT2D eigenvalue weighted by Crippen LogP contribution is 2.18. The fourth-order valence-corrected chi connectivity index (χ4v) is 1.42. The summed E-state index contributed by atoms with van der Waals surface area (Å²) < 4.78 is 0. The van der Waals surface area contributed by atoms with Crippen molar-refractivity contribution in [3.8, 4) is 0 Å². The van der Waals surface area contributed by atoms with Crippen LogP contribution in [-0.4, -0.2) is 11.4 Å². The Labute approximate surface area is 95.6 Å². The summed E-state index contributed by atoms with van der Waals surface area (Å²) in [6, 6.07) is 5.42. The van der Waals surface area contributed by atoms with Crippen molar-refractivity contribution in [2.45, 2.75) is 33.2 Å². The quantitative estimate of drug-likeness (QED) is 0.782. The number of halogens is 1. The molecule has 0 radical (unpaired) electrons. The van der Waals surface area contributed by atoms with Gasteiger partial charge in [0.15, 0.2) is 0 Å². The molecule has 0 unspecified atom stereocenters. The number of carbonyl (C=O) groups excluding carboxylic acids is 1. The predicted molar refractivity (Wildman–Crippen MR) is 63.4 cm³/mol. The van der Waals surface area contributed by atoms with Gasteiger partial charge in [-0.15, -0.1) is 0 Å². The van der Waals surface area contributed by atoms with Gasteiger partial charge in [-0.3, -0.25) is 4.79 Å². The zero-order valence-corrected chi connectivity index (χ0v) is 10.3. The minimum Gasteiger partial charge on any atom is -0.347 e. The zero-order chi connectivity index (χ0) is 11.6. The van der Waals surface area contributed by atoms with Crippen molar-refractivity contribution in [1.82, 2.24) is 5.32 Å². The van der Waals surface area contributed by atoms with Crippen LogP contribution in [0, 0.1) is 6.92 Å². The first kappa shape index (κ1) is 12.1. The number of benzene rings is 1. The first-order valence-corrected chi connectivity index (χ1v) is 5.26. The first-order valence-electron chi connectivity index (χ1n) is 4.88.